The molecular weight excluding hydrogens is 243 g/mol. The number of ketones is 1. The fraction of sp³-hybridized carbons (Fsp3) is 0.0667. The van der Waals surface area contributed by atoms with Gasteiger partial charge < -0.3 is 0 Å². The van der Waals surface area contributed by atoms with Gasteiger partial charge in [-0.3, -0.25) is 9.48 Å². The molecule has 0 aliphatic rings. The molecule has 3 nitrogen and oxygen atoms in total. The zero-order valence-electron chi connectivity index (χ0n) is 10.3. The summed E-state index contributed by atoms with van der Waals surface area (Å²) >= 11 is 0. The summed E-state index contributed by atoms with van der Waals surface area (Å²) in [5.41, 5.74) is 1.18. The number of aromatic nitrogens is 2. The molecule has 3 rings (SSSR count). The van der Waals surface area contributed by atoms with Gasteiger partial charge >= 0.3 is 0 Å². The first-order valence-corrected chi connectivity index (χ1v) is 5.89. The Hall–Kier alpha value is -2.49. The largest absolute Gasteiger partial charge is 0.287 e. The molecular formula is C15H11FN2O. The van der Waals surface area contributed by atoms with Gasteiger partial charge in [0.25, 0.3) is 0 Å². The van der Waals surface area contributed by atoms with E-state index in [4.69, 9.17) is 0 Å². The molecule has 1 heterocycles. The maximum atomic E-state index is 13.7. The lowest BCUT2D eigenvalue weighted by Gasteiger charge is -1.99. The lowest BCUT2D eigenvalue weighted by molar-refractivity contribution is 0.103. The number of para-hydroxylation sites is 1. The first-order valence-electron chi connectivity index (χ1n) is 5.89. The van der Waals surface area contributed by atoms with Crippen molar-refractivity contribution in [3.05, 3.63) is 65.6 Å². The molecule has 0 saturated carbocycles. The third-order valence-corrected chi connectivity index (χ3v) is 3.09. The number of carbonyl (C=O) groups excluding carboxylic acids is 1. The van der Waals surface area contributed by atoms with E-state index in [1.807, 2.05) is 24.3 Å². The molecule has 3 aromatic rings. The van der Waals surface area contributed by atoms with Gasteiger partial charge in [0, 0.05) is 12.4 Å². The lowest BCUT2D eigenvalue weighted by Crippen LogP contribution is -2.06. The Labute approximate surface area is 109 Å². The van der Waals surface area contributed by atoms with Crippen LogP contribution in [0.1, 0.15) is 16.1 Å². The van der Waals surface area contributed by atoms with Crippen LogP contribution in [0.25, 0.3) is 10.9 Å². The van der Waals surface area contributed by atoms with Crippen LogP contribution in [0, 0.1) is 5.82 Å². The number of hydrogen-bond donors (Lipinski definition) is 0. The molecule has 19 heavy (non-hydrogen) atoms. The average Bonchev–Trinajstić information content (AvgIpc) is 2.77. The molecule has 4 heteroatoms. The van der Waals surface area contributed by atoms with E-state index in [0.29, 0.717) is 0 Å². The molecule has 0 radical (unpaired) electrons. The fourth-order valence-corrected chi connectivity index (χ4v) is 2.15. The summed E-state index contributed by atoms with van der Waals surface area (Å²) in [6.07, 6.45) is 0. The Balaban J connectivity index is 2.20. The van der Waals surface area contributed by atoms with E-state index in [0.717, 1.165) is 10.9 Å². The van der Waals surface area contributed by atoms with E-state index >= 15 is 0 Å². The van der Waals surface area contributed by atoms with Gasteiger partial charge in [0.05, 0.1) is 11.1 Å². The van der Waals surface area contributed by atoms with Gasteiger partial charge in [-0.1, -0.05) is 30.3 Å². The van der Waals surface area contributed by atoms with Crippen LogP contribution < -0.4 is 0 Å². The predicted octanol–water partition coefficient (Wildman–Crippen LogP) is 2.94. The minimum atomic E-state index is -0.526. The van der Waals surface area contributed by atoms with E-state index < -0.39 is 11.6 Å². The zero-order chi connectivity index (χ0) is 13.4. The maximum absolute atomic E-state index is 13.7. The van der Waals surface area contributed by atoms with E-state index in [1.165, 1.54) is 12.1 Å². The quantitative estimate of drug-likeness (QED) is 0.659. The molecule has 0 unspecified atom stereocenters. The van der Waals surface area contributed by atoms with Crippen LogP contribution >= 0.6 is 0 Å². The Morgan fingerprint density at radius 1 is 1.11 bits per heavy atom. The summed E-state index contributed by atoms with van der Waals surface area (Å²) < 4.78 is 15.3. The van der Waals surface area contributed by atoms with Crippen molar-refractivity contribution in [1.82, 2.24) is 9.78 Å². The van der Waals surface area contributed by atoms with Crippen molar-refractivity contribution >= 4 is 16.7 Å². The smallest absolute Gasteiger partial charge is 0.216 e. The Morgan fingerprint density at radius 2 is 1.79 bits per heavy atom. The minimum absolute atomic E-state index is 0.0475. The van der Waals surface area contributed by atoms with Crippen LogP contribution in [0.2, 0.25) is 0 Å². The monoisotopic (exact) mass is 254 g/mol. The highest BCUT2D eigenvalue weighted by atomic mass is 19.1. The average molecular weight is 254 g/mol. The Morgan fingerprint density at radius 3 is 2.58 bits per heavy atom. The summed E-state index contributed by atoms with van der Waals surface area (Å²) in [5.74, 6) is -0.919. The molecule has 0 N–H and O–H groups in total. The van der Waals surface area contributed by atoms with Crippen molar-refractivity contribution < 1.29 is 9.18 Å². The molecule has 0 atom stereocenters. The molecule has 2 aromatic carbocycles. The fourth-order valence-electron chi connectivity index (χ4n) is 2.15. The summed E-state index contributed by atoms with van der Waals surface area (Å²) in [6.45, 7) is 0. The minimum Gasteiger partial charge on any atom is -0.287 e. The second-order valence-corrected chi connectivity index (χ2v) is 4.30. The number of rotatable bonds is 2. The summed E-state index contributed by atoms with van der Waals surface area (Å²) in [5, 5.41) is 4.94. The van der Waals surface area contributed by atoms with Crippen LogP contribution in [-0.2, 0) is 7.05 Å². The standard InChI is InChI=1S/C15H11FN2O/c1-18-13-9-5-3-7-11(13)14(17-18)15(19)10-6-2-4-8-12(10)16/h2-9H,1H3. The van der Waals surface area contributed by atoms with Gasteiger partial charge in [0.1, 0.15) is 11.5 Å². The third kappa shape index (κ3) is 1.81. The molecule has 0 fully saturated rings. The number of carbonyl (C=O) groups is 1. The van der Waals surface area contributed by atoms with Crippen LogP contribution in [0.4, 0.5) is 4.39 Å². The van der Waals surface area contributed by atoms with E-state index in [2.05, 4.69) is 5.10 Å². The van der Waals surface area contributed by atoms with Gasteiger partial charge in [0.2, 0.25) is 5.78 Å². The first-order chi connectivity index (χ1) is 9.18. The molecule has 0 aliphatic heterocycles. The summed E-state index contributed by atoms with van der Waals surface area (Å²) in [4.78, 5) is 12.4. The van der Waals surface area contributed by atoms with Crippen LogP contribution in [-0.4, -0.2) is 15.6 Å². The van der Waals surface area contributed by atoms with Crippen LogP contribution in [0.3, 0.4) is 0 Å². The number of halogens is 1. The highest BCUT2D eigenvalue weighted by Crippen LogP contribution is 2.21. The predicted molar refractivity (Wildman–Crippen MR) is 70.5 cm³/mol. The second-order valence-electron chi connectivity index (χ2n) is 4.30. The van der Waals surface area contributed by atoms with Crippen molar-refractivity contribution in [2.75, 3.05) is 0 Å². The van der Waals surface area contributed by atoms with Gasteiger partial charge in [-0.05, 0) is 18.2 Å². The van der Waals surface area contributed by atoms with Crippen molar-refractivity contribution in [3.8, 4) is 0 Å². The number of fused-ring (bicyclic) bond motifs is 1. The van der Waals surface area contributed by atoms with Crippen molar-refractivity contribution in [3.63, 3.8) is 0 Å². The second kappa shape index (κ2) is 4.31. The molecule has 1 aromatic heterocycles. The van der Waals surface area contributed by atoms with E-state index in [-0.39, 0.29) is 11.3 Å². The van der Waals surface area contributed by atoms with Crippen molar-refractivity contribution in [2.24, 2.45) is 7.05 Å². The number of aryl methyl sites for hydroxylation is 1. The molecule has 0 aliphatic carbocycles. The first kappa shape index (κ1) is 11.6. The zero-order valence-corrected chi connectivity index (χ0v) is 10.3. The van der Waals surface area contributed by atoms with Gasteiger partial charge in [0.15, 0.2) is 0 Å². The van der Waals surface area contributed by atoms with Gasteiger partial charge in [-0.2, -0.15) is 5.10 Å². The van der Waals surface area contributed by atoms with Crippen LogP contribution in [0.15, 0.2) is 48.5 Å². The normalized spacial score (nSPS) is 10.8. The highest BCUT2D eigenvalue weighted by molar-refractivity contribution is 6.14. The third-order valence-electron chi connectivity index (χ3n) is 3.09. The van der Waals surface area contributed by atoms with E-state index in [9.17, 15) is 9.18 Å². The van der Waals surface area contributed by atoms with Gasteiger partial charge in [-0.15, -0.1) is 0 Å². The SMILES string of the molecule is Cn1nc(C(=O)c2ccccc2F)c2ccccc21. The number of nitrogens with zero attached hydrogens (tertiary/aromatic N) is 2. The summed E-state index contributed by atoms with van der Waals surface area (Å²) in [6, 6.07) is 13.4. The molecule has 0 bridgehead atoms. The van der Waals surface area contributed by atoms with E-state index in [1.54, 1.807) is 23.9 Å². The molecule has 0 spiro atoms. The topological polar surface area (TPSA) is 34.9 Å². The summed E-state index contributed by atoms with van der Waals surface area (Å²) in [7, 11) is 1.76. The van der Waals surface area contributed by atoms with Crippen molar-refractivity contribution in [1.29, 1.82) is 0 Å². The number of hydrogen-bond acceptors (Lipinski definition) is 2. The maximum Gasteiger partial charge on any atom is 0.216 e. The van der Waals surface area contributed by atoms with Gasteiger partial charge in [-0.25, -0.2) is 4.39 Å². The molecule has 0 amide bonds. The Bertz CT molecular complexity index is 777. The van der Waals surface area contributed by atoms with Crippen LogP contribution in [0.5, 0.6) is 0 Å². The highest BCUT2D eigenvalue weighted by Gasteiger charge is 2.19. The molecule has 0 saturated heterocycles. The van der Waals surface area contributed by atoms with Crippen molar-refractivity contribution in [2.45, 2.75) is 0 Å². The molecule has 94 valence electrons. The lowest BCUT2D eigenvalue weighted by atomic mass is 10.0. The Kier molecular flexibility index (Phi) is 2.63. The number of benzene rings is 2.